The van der Waals surface area contributed by atoms with Gasteiger partial charge in [-0.1, -0.05) is 37.5 Å². The molecule has 0 aromatic carbocycles. The molecule has 7 heteroatoms. The van der Waals surface area contributed by atoms with Crippen LogP contribution in [0.4, 0.5) is 5.13 Å². The van der Waals surface area contributed by atoms with Gasteiger partial charge in [0.25, 0.3) is 5.56 Å². The highest BCUT2D eigenvalue weighted by atomic mass is 32.1. The zero-order chi connectivity index (χ0) is 17.9. The van der Waals surface area contributed by atoms with Crippen molar-refractivity contribution < 1.29 is 0 Å². The molecule has 4 rings (SSSR count). The lowest BCUT2D eigenvalue weighted by molar-refractivity contribution is 0.168. The average Bonchev–Trinajstić information content (AvgIpc) is 3.07. The fourth-order valence-electron chi connectivity index (χ4n) is 4.27. The normalized spacial score (nSPS) is 20.7. The quantitative estimate of drug-likeness (QED) is 0.870. The van der Waals surface area contributed by atoms with Crippen molar-refractivity contribution in [2.24, 2.45) is 5.92 Å². The SMILES string of the molecule is CCc1cc(=O)n2nc(NC3CCN(CC4CCCCC4)CC3)sc2n1. The molecule has 2 aliphatic rings. The van der Waals surface area contributed by atoms with Crippen molar-refractivity contribution in [2.75, 3.05) is 25.0 Å². The third kappa shape index (κ3) is 4.09. The maximum Gasteiger partial charge on any atom is 0.275 e. The van der Waals surface area contributed by atoms with Crippen LogP contribution in [0.15, 0.2) is 10.9 Å². The molecule has 0 atom stereocenters. The number of nitrogens with zero attached hydrogens (tertiary/aromatic N) is 4. The lowest BCUT2D eigenvalue weighted by Gasteiger charge is -2.35. The molecule has 0 spiro atoms. The number of hydrogen-bond donors (Lipinski definition) is 1. The van der Waals surface area contributed by atoms with Crippen molar-refractivity contribution in [1.29, 1.82) is 0 Å². The number of aromatic nitrogens is 3. The number of likely N-dealkylation sites (tertiary alicyclic amines) is 1. The molecule has 2 aromatic heterocycles. The van der Waals surface area contributed by atoms with Crippen molar-refractivity contribution in [1.82, 2.24) is 19.5 Å². The summed E-state index contributed by atoms with van der Waals surface area (Å²) in [5.41, 5.74) is 0.750. The molecule has 0 radical (unpaired) electrons. The maximum absolute atomic E-state index is 12.1. The molecule has 1 N–H and O–H groups in total. The molecule has 0 amide bonds. The molecule has 142 valence electrons. The first-order valence-corrected chi connectivity index (χ1v) is 10.9. The zero-order valence-corrected chi connectivity index (χ0v) is 16.4. The third-order valence-corrected chi connectivity index (χ3v) is 6.66. The van der Waals surface area contributed by atoms with Crippen molar-refractivity contribution in [3.05, 3.63) is 22.1 Å². The summed E-state index contributed by atoms with van der Waals surface area (Å²) in [6.45, 7) is 5.63. The fraction of sp³-hybridized carbons (Fsp3) is 0.737. The van der Waals surface area contributed by atoms with E-state index in [4.69, 9.17) is 0 Å². The highest BCUT2D eigenvalue weighted by molar-refractivity contribution is 7.20. The van der Waals surface area contributed by atoms with E-state index in [1.165, 1.54) is 54.5 Å². The second-order valence-corrected chi connectivity index (χ2v) is 8.72. The van der Waals surface area contributed by atoms with Crippen LogP contribution in [0.1, 0.15) is 57.6 Å². The van der Waals surface area contributed by atoms with Gasteiger partial charge in [0.15, 0.2) is 0 Å². The van der Waals surface area contributed by atoms with Crippen molar-refractivity contribution in [2.45, 2.75) is 64.3 Å². The number of piperidine rings is 1. The average molecular weight is 376 g/mol. The molecule has 3 heterocycles. The molecule has 2 fully saturated rings. The number of anilines is 1. The summed E-state index contributed by atoms with van der Waals surface area (Å²) < 4.78 is 1.42. The minimum Gasteiger partial charge on any atom is -0.357 e. The van der Waals surface area contributed by atoms with Crippen LogP contribution < -0.4 is 10.9 Å². The number of aryl methyl sites for hydroxylation is 1. The third-order valence-electron chi connectivity index (χ3n) is 5.82. The van der Waals surface area contributed by atoms with Crippen LogP contribution in [0.3, 0.4) is 0 Å². The van der Waals surface area contributed by atoms with Crippen LogP contribution in [0.2, 0.25) is 0 Å². The van der Waals surface area contributed by atoms with Gasteiger partial charge in [0, 0.05) is 37.4 Å². The standard InChI is InChI=1S/C19H29N5OS/c1-2-15-12-17(25)24-19(21-15)26-18(22-24)20-16-8-10-23(11-9-16)13-14-6-4-3-5-7-14/h12,14,16H,2-11,13H2,1H3,(H,20,22). The largest absolute Gasteiger partial charge is 0.357 e. The Balaban J connectivity index is 1.33. The van der Waals surface area contributed by atoms with Crippen LogP contribution in [0.5, 0.6) is 0 Å². The predicted molar refractivity (Wildman–Crippen MR) is 106 cm³/mol. The number of fused-ring (bicyclic) bond motifs is 1. The van der Waals surface area contributed by atoms with Gasteiger partial charge in [-0.2, -0.15) is 4.52 Å². The van der Waals surface area contributed by atoms with E-state index in [-0.39, 0.29) is 5.56 Å². The molecule has 1 saturated carbocycles. The van der Waals surface area contributed by atoms with Gasteiger partial charge in [-0.3, -0.25) is 4.79 Å². The van der Waals surface area contributed by atoms with Crippen LogP contribution in [0, 0.1) is 5.92 Å². The molecular formula is C19H29N5OS. The molecular weight excluding hydrogens is 346 g/mol. The Morgan fingerprint density at radius 2 is 1.96 bits per heavy atom. The van der Waals surface area contributed by atoms with Gasteiger partial charge in [0.2, 0.25) is 10.1 Å². The fourth-order valence-corrected chi connectivity index (χ4v) is 5.17. The summed E-state index contributed by atoms with van der Waals surface area (Å²) in [7, 11) is 0. The number of hydrogen-bond acceptors (Lipinski definition) is 6. The van der Waals surface area contributed by atoms with Crippen LogP contribution in [-0.2, 0) is 6.42 Å². The first-order chi connectivity index (χ1) is 12.7. The second-order valence-electron chi connectivity index (χ2n) is 7.76. The highest BCUT2D eigenvalue weighted by Gasteiger charge is 2.23. The van der Waals surface area contributed by atoms with Crippen LogP contribution >= 0.6 is 11.3 Å². The van der Waals surface area contributed by atoms with E-state index in [0.29, 0.717) is 11.0 Å². The summed E-state index contributed by atoms with van der Waals surface area (Å²) in [5, 5.41) is 8.78. The molecule has 1 aliphatic heterocycles. The Hall–Kier alpha value is -1.47. The Kier molecular flexibility index (Phi) is 5.55. The van der Waals surface area contributed by atoms with Crippen LogP contribution in [0.25, 0.3) is 4.96 Å². The molecule has 26 heavy (non-hydrogen) atoms. The van der Waals surface area contributed by atoms with Gasteiger partial charge in [0.05, 0.1) is 0 Å². The Morgan fingerprint density at radius 3 is 2.69 bits per heavy atom. The highest BCUT2D eigenvalue weighted by Crippen LogP contribution is 2.26. The van der Waals surface area contributed by atoms with Crippen molar-refractivity contribution in [3.63, 3.8) is 0 Å². The smallest absolute Gasteiger partial charge is 0.275 e. The lowest BCUT2D eigenvalue weighted by atomic mass is 9.88. The monoisotopic (exact) mass is 375 g/mol. The van der Waals surface area contributed by atoms with E-state index in [1.54, 1.807) is 6.07 Å². The number of nitrogens with one attached hydrogen (secondary N) is 1. The van der Waals surface area contributed by atoms with E-state index < -0.39 is 0 Å². The minimum atomic E-state index is -0.0848. The van der Waals surface area contributed by atoms with Gasteiger partial charge in [0.1, 0.15) is 0 Å². The van der Waals surface area contributed by atoms with Gasteiger partial charge in [-0.25, -0.2) is 4.98 Å². The Bertz CT molecular complexity index is 787. The maximum atomic E-state index is 12.1. The first kappa shape index (κ1) is 17.9. The lowest BCUT2D eigenvalue weighted by Crippen LogP contribution is -2.41. The molecule has 1 saturated heterocycles. The minimum absolute atomic E-state index is 0.0848. The second kappa shape index (κ2) is 8.05. The summed E-state index contributed by atoms with van der Waals surface area (Å²) in [5.74, 6) is 0.920. The zero-order valence-electron chi connectivity index (χ0n) is 15.6. The van der Waals surface area contributed by atoms with Gasteiger partial charge >= 0.3 is 0 Å². The Labute approximate surface area is 158 Å². The molecule has 0 unspecified atom stereocenters. The Morgan fingerprint density at radius 1 is 1.19 bits per heavy atom. The molecule has 1 aliphatic carbocycles. The van der Waals surface area contributed by atoms with E-state index >= 15 is 0 Å². The molecule has 2 aromatic rings. The van der Waals surface area contributed by atoms with E-state index in [0.717, 1.165) is 49.1 Å². The van der Waals surface area contributed by atoms with Crippen molar-refractivity contribution in [3.8, 4) is 0 Å². The van der Waals surface area contributed by atoms with E-state index in [1.807, 2.05) is 6.92 Å². The summed E-state index contributed by atoms with van der Waals surface area (Å²) in [4.78, 5) is 20.0. The van der Waals surface area contributed by atoms with Gasteiger partial charge in [-0.15, -0.1) is 5.10 Å². The van der Waals surface area contributed by atoms with E-state index in [9.17, 15) is 4.79 Å². The summed E-state index contributed by atoms with van der Waals surface area (Å²) >= 11 is 1.48. The van der Waals surface area contributed by atoms with Crippen LogP contribution in [-0.4, -0.2) is 45.2 Å². The first-order valence-electron chi connectivity index (χ1n) is 10.1. The van der Waals surface area contributed by atoms with Gasteiger partial charge in [-0.05, 0) is 38.0 Å². The van der Waals surface area contributed by atoms with E-state index in [2.05, 4.69) is 20.3 Å². The number of rotatable bonds is 5. The summed E-state index contributed by atoms with van der Waals surface area (Å²) in [6.07, 6.45) is 10.2. The molecule has 6 nitrogen and oxygen atoms in total. The van der Waals surface area contributed by atoms with Crippen molar-refractivity contribution >= 4 is 21.4 Å². The predicted octanol–water partition coefficient (Wildman–Crippen LogP) is 3.17. The molecule has 0 bridgehead atoms. The topological polar surface area (TPSA) is 62.5 Å². The summed E-state index contributed by atoms with van der Waals surface area (Å²) in [6, 6.07) is 2.03. The van der Waals surface area contributed by atoms with Gasteiger partial charge < -0.3 is 10.2 Å².